The number of carbonyl (C=O) groups is 2. The van der Waals surface area contributed by atoms with Crippen LogP contribution >= 0.6 is 11.8 Å². The van der Waals surface area contributed by atoms with Gasteiger partial charge < -0.3 is 28.9 Å². The van der Waals surface area contributed by atoms with E-state index in [0.29, 0.717) is 43.2 Å². The molecule has 0 radical (unpaired) electrons. The van der Waals surface area contributed by atoms with Crippen molar-refractivity contribution in [2.24, 2.45) is 0 Å². The number of piperazine rings is 1. The lowest BCUT2D eigenvalue weighted by Crippen LogP contribution is -2.58. The summed E-state index contributed by atoms with van der Waals surface area (Å²) in [5.74, 6) is 0.420. The second kappa shape index (κ2) is 13.7. The lowest BCUT2D eigenvalue weighted by molar-refractivity contribution is -0.0893. The molecule has 3 atom stereocenters. The van der Waals surface area contributed by atoms with Gasteiger partial charge in [0.05, 0.1) is 30.7 Å². The molecule has 1 saturated carbocycles. The summed E-state index contributed by atoms with van der Waals surface area (Å²) in [6.07, 6.45) is 4.60. The summed E-state index contributed by atoms with van der Waals surface area (Å²) in [6, 6.07) is 19.3. The van der Waals surface area contributed by atoms with Crippen LogP contribution in [0.4, 0.5) is 4.79 Å². The van der Waals surface area contributed by atoms with Crippen molar-refractivity contribution in [3.8, 4) is 11.3 Å². The predicted molar refractivity (Wildman–Crippen MR) is 172 cm³/mol. The van der Waals surface area contributed by atoms with E-state index in [1.54, 1.807) is 30.1 Å². The second-order valence-electron chi connectivity index (χ2n) is 12.7. The summed E-state index contributed by atoms with van der Waals surface area (Å²) < 4.78 is 13.1. The molecule has 1 saturated heterocycles. The van der Waals surface area contributed by atoms with Crippen LogP contribution in [0.5, 0.6) is 0 Å². The Bertz CT molecular complexity index is 1410. The summed E-state index contributed by atoms with van der Waals surface area (Å²) in [7, 11) is 1.61. The Labute approximate surface area is 264 Å². The van der Waals surface area contributed by atoms with Crippen LogP contribution in [0.2, 0.25) is 0 Å². The summed E-state index contributed by atoms with van der Waals surface area (Å²) in [5.41, 5.74) is 0.231. The van der Waals surface area contributed by atoms with Gasteiger partial charge in [-0.05, 0) is 45.7 Å². The average molecular weight is 621 g/mol. The Balaban J connectivity index is 1.49. The van der Waals surface area contributed by atoms with E-state index >= 15 is 0 Å². The zero-order chi connectivity index (χ0) is 31.3. The van der Waals surface area contributed by atoms with Crippen molar-refractivity contribution in [3.05, 3.63) is 72.7 Å². The van der Waals surface area contributed by atoms with Crippen LogP contribution in [-0.4, -0.2) is 92.8 Å². The maximum atomic E-state index is 14.5. The van der Waals surface area contributed by atoms with Crippen LogP contribution < -0.4 is 0 Å². The maximum Gasteiger partial charge on any atom is 0.410 e. The Morgan fingerprint density at radius 1 is 1.05 bits per heavy atom. The molecular formula is C34H44N4O5S. The van der Waals surface area contributed by atoms with E-state index in [-0.39, 0.29) is 30.7 Å². The van der Waals surface area contributed by atoms with Gasteiger partial charge in [0, 0.05) is 43.0 Å². The number of nitrogens with zero attached hydrogens (tertiary/aromatic N) is 4. The quantitative estimate of drug-likeness (QED) is 0.314. The number of imidazole rings is 1. The molecule has 2 aliphatic rings. The smallest absolute Gasteiger partial charge is 0.410 e. The highest BCUT2D eigenvalue weighted by atomic mass is 32.2. The van der Waals surface area contributed by atoms with E-state index in [4.69, 9.17) is 14.5 Å². The number of hydrogen-bond acceptors (Lipinski definition) is 7. The number of carbonyl (C=O) groups excluding carboxylic acids is 2. The summed E-state index contributed by atoms with van der Waals surface area (Å²) >= 11 is 1.66. The maximum absolute atomic E-state index is 14.5. The zero-order valence-electron chi connectivity index (χ0n) is 26.1. The van der Waals surface area contributed by atoms with E-state index in [0.717, 1.165) is 29.7 Å². The van der Waals surface area contributed by atoms with Gasteiger partial charge in [0.25, 0.3) is 5.91 Å². The van der Waals surface area contributed by atoms with Crippen LogP contribution in [0.25, 0.3) is 11.3 Å². The monoisotopic (exact) mass is 620 g/mol. The van der Waals surface area contributed by atoms with Crippen molar-refractivity contribution in [1.82, 2.24) is 19.4 Å². The number of methoxy groups -OCH3 is 1. The molecule has 9 nitrogen and oxygen atoms in total. The first kappa shape index (κ1) is 32.1. The Hall–Kier alpha value is -3.34. The molecule has 1 aliphatic carbocycles. The number of benzene rings is 2. The van der Waals surface area contributed by atoms with Crippen molar-refractivity contribution < 1.29 is 24.2 Å². The molecule has 2 fully saturated rings. The molecule has 1 aromatic heterocycles. The number of amides is 2. The van der Waals surface area contributed by atoms with Gasteiger partial charge in [-0.25, -0.2) is 9.78 Å². The first-order chi connectivity index (χ1) is 21.1. The van der Waals surface area contributed by atoms with Crippen LogP contribution in [-0.2, 0) is 9.47 Å². The lowest BCUT2D eigenvalue weighted by atomic mass is 9.80. The highest BCUT2D eigenvalue weighted by molar-refractivity contribution is 7.99. The Morgan fingerprint density at radius 2 is 1.75 bits per heavy atom. The van der Waals surface area contributed by atoms with Crippen molar-refractivity contribution in [2.75, 3.05) is 39.1 Å². The lowest BCUT2D eigenvalue weighted by Gasteiger charge is -2.42. The third-order valence-corrected chi connectivity index (χ3v) is 9.47. The molecule has 1 N–H and O–H groups in total. The molecule has 44 heavy (non-hydrogen) atoms. The minimum atomic E-state index is -1.06. The van der Waals surface area contributed by atoms with Gasteiger partial charge >= 0.3 is 6.09 Å². The van der Waals surface area contributed by atoms with Gasteiger partial charge in [-0.1, -0.05) is 61.4 Å². The molecule has 10 heteroatoms. The number of rotatable bonds is 8. The molecule has 236 valence electrons. The van der Waals surface area contributed by atoms with Gasteiger partial charge in [0.2, 0.25) is 0 Å². The van der Waals surface area contributed by atoms with Crippen molar-refractivity contribution >= 4 is 23.8 Å². The van der Waals surface area contributed by atoms with E-state index in [1.165, 1.54) is 0 Å². The Kier molecular flexibility index (Phi) is 10.0. The van der Waals surface area contributed by atoms with Crippen molar-refractivity contribution in [3.63, 3.8) is 0 Å². The van der Waals surface area contributed by atoms with E-state index < -0.39 is 11.2 Å². The second-order valence-corrected chi connectivity index (χ2v) is 13.8. The number of ether oxygens (including phenoxy) is 2. The highest BCUT2D eigenvalue weighted by Crippen LogP contribution is 2.41. The van der Waals surface area contributed by atoms with E-state index in [2.05, 4.69) is 0 Å². The molecule has 2 aromatic carbocycles. The normalized spacial score (nSPS) is 22.6. The SMILES string of the molecule is COC[C@]1(O)CCCC[C@H]1n1cnc(C(=O)N2CCN(C(=O)OC(C)(C)C)C[C@H]2CSc2ccccc2)c1-c1ccccc1. The molecule has 5 rings (SSSR count). The fourth-order valence-electron chi connectivity index (χ4n) is 6.26. The summed E-state index contributed by atoms with van der Waals surface area (Å²) in [5, 5.41) is 11.7. The molecule has 2 heterocycles. The van der Waals surface area contributed by atoms with Gasteiger partial charge in [-0.2, -0.15) is 0 Å². The predicted octanol–water partition coefficient (Wildman–Crippen LogP) is 5.90. The number of thioether (sulfide) groups is 1. The van der Waals surface area contributed by atoms with Gasteiger partial charge in [0.15, 0.2) is 5.69 Å². The first-order valence-electron chi connectivity index (χ1n) is 15.4. The third-order valence-electron chi connectivity index (χ3n) is 8.31. The molecule has 1 aliphatic heterocycles. The van der Waals surface area contributed by atoms with Gasteiger partial charge in [0.1, 0.15) is 11.2 Å². The highest BCUT2D eigenvalue weighted by Gasteiger charge is 2.43. The average Bonchev–Trinajstić information content (AvgIpc) is 3.44. The van der Waals surface area contributed by atoms with Crippen molar-refractivity contribution in [1.29, 1.82) is 0 Å². The molecule has 0 spiro atoms. The number of aromatic nitrogens is 2. The van der Waals surface area contributed by atoms with Crippen LogP contribution in [0, 0.1) is 0 Å². The fraction of sp³-hybridized carbons (Fsp3) is 0.500. The molecular weight excluding hydrogens is 576 g/mol. The number of aliphatic hydroxyl groups is 1. The van der Waals surface area contributed by atoms with Crippen molar-refractivity contribution in [2.45, 2.75) is 74.6 Å². The molecule has 0 unspecified atom stereocenters. The first-order valence-corrected chi connectivity index (χ1v) is 16.4. The molecule has 0 bridgehead atoms. The van der Waals surface area contributed by atoms with Crippen LogP contribution in [0.1, 0.15) is 63.0 Å². The minimum absolute atomic E-state index is 0.184. The van der Waals surface area contributed by atoms with Gasteiger partial charge in [-0.3, -0.25) is 4.79 Å². The largest absolute Gasteiger partial charge is 0.444 e. The zero-order valence-corrected chi connectivity index (χ0v) is 27.0. The number of hydrogen-bond donors (Lipinski definition) is 1. The van der Waals surface area contributed by atoms with Gasteiger partial charge in [-0.15, -0.1) is 11.8 Å². The topological polar surface area (TPSA) is 97.1 Å². The van der Waals surface area contributed by atoms with E-state index in [9.17, 15) is 14.7 Å². The summed E-state index contributed by atoms with van der Waals surface area (Å²) in [6.45, 7) is 6.86. The standard InChI is InChI=1S/C34H44N4O5S/c1-33(2,3)43-32(40)36-19-20-37(26(21-36)22-44-27-15-9-6-10-16-27)31(39)29-30(25-13-7-5-8-14-25)38(24-35-29)28-17-11-12-18-34(28,41)23-42-4/h5-10,13-16,24,26,28,41H,11-12,17-23H2,1-4H3/t26-,28+,34+/m0/s1. The van der Waals surface area contributed by atoms with E-state index in [1.807, 2.05) is 90.9 Å². The minimum Gasteiger partial charge on any atom is -0.444 e. The molecule has 2 amide bonds. The fourth-order valence-corrected chi connectivity index (χ4v) is 7.28. The van der Waals surface area contributed by atoms with Crippen LogP contribution in [0.3, 0.4) is 0 Å². The summed E-state index contributed by atoms with van der Waals surface area (Å²) in [4.78, 5) is 37.0. The van der Waals surface area contributed by atoms with Crippen LogP contribution in [0.15, 0.2) is 71.9 Å². The molecule has 3 aromatic rings. The third kappa shape index (κ3) is 7.30. The Morgan fingerprint density at radius 3 is 2.43 bits per heavy atom.